The molecule has 0 saturated carbocycles. The molecule has 0 amide bonds. The summed E-state index contributed by atoms with van der Waals surface area (Å²) in [4.78, 5) is 1.51. The standard InChI is InChI=1S/C14H19NO2Se/c16-14(17)12-7-15(8-13(14)10-18-9-12)6-11-4-2-1-3-5-11/h1-5,12-13,16-17H,6-10H2/p+1. The summed E-state index contributed by atoms with van der Waals surface area (Å²) in [5.41, 5.74) is 1.35. The molecule has 2 bridgehead atoms. The monoisotopic (exact) mass is 314 g/mol. The molecule has 0 aromatic heterocycles. The van der Waals surface area contributed by atoms with Crippen LogP contribution in [0.2, 0.25) is 10.6 Å². The number of rotatable bonds is 2. The second kappa shape index (κ2) is 4.95. The van der Waals surface area contributed by atoms with Crippen LogP contribution >= 0.6 is 0 Å². The van der Waals surface area contributed by atoms with Crippen LogP contribution in [0.3, 0.4) is 0 Å². The Labute approximate surface area is 114 Å². The van der Waals surface area contributed by atoms with E-state index in [0.717, 1.165) is 30.3 Å². The first-order valence-electron chi connectivity index (χ1n) is 6.56. The van der Waals surface area contributed by atoms with Gasteiger partial charge in [-0.2, -0.15) is 0 Å². The molecule has 2 heterocycles. The van der Waals surface area contributed by atoms with Gasteiger partial charge in [0.15, 0.2) is 0 Å². The van der Waals surface area contributed by atoms with Crippen molar-refractivity contribution >= 4 is 15.0 Å². The van der Waals surface area contributed by atoms with Gasteiger partial charge in [-0.3, -0.25) is 0 Å². The fraction of sp³-hybridized carbons (Fsp3) is 0.571. The molecule has 0 spiro atoms. The fourth-order valence-corrected chi connectivity index (χ4v) is 6.16. The summed E-state index contributed by atoms with van der Waals surface area (Å²) in [6.45, 7) is 2.82. The summed E-state index contributed by atoms with van der Waals surface area (Å²) >= 11 is 0.614. The quantitative estimate of drug-likeness (QED) is 0.512. The van der Waals surface area contributed by atoms with Gasteiger partial charge in [-0.05, 0) is 0 Å². The Morgan fingerprint density at radius 1 is 1.11 bits per heavy atom. The molecule has 98 valence electrons. The Balaban J connectivity index is 1.70. The number of piperidine rings is 1. The van der Waals surface area contributed by atoms with E-state index in [4.69, 9.17) is 0 Å². The van der Waals surface area contributed by atoms with Crippen LogP contribution in [0.25, 0.3) is 0 Å². The third kappa shape index (κ3) is 2.36. The second-order valence-corrected chi connectivity index (χ2v) is 7.79. The fourth-order valence-electron chi connectivity index (χ4n) is 3.16. The van der Waals surface area contributed by atoms with Crippen LogP contribution in [0.1, 0.15) is 5.56 Å². The minimum atomic E-state index is -1.39. The number of hydrogen-bond acceptors (Lipinski definition) is 2. The van der Waals surface area contributed by atoms with E-state index in [1.165, 1.54) is 10.5 Å². The topological polar surface area (TPSA) is 44.9 Å². The zero-order valence-electron chi connectivity index (χ0n) is 10.4. The Kier molecular flexibility index (Phi) is 3.48. The Morgan fingerprint density at radius 2 is 1.72 bits per heavy atom. The van der Waals surface area contributed by atoms with Crippen molar-refractivity contribution in [3.05, 3.63) is 35.9 Å². The van der Waals surface area contributed by atoms with E-state index in [2.05, 4.69) is 24.3 Å². The molecule has 1 aromatic rings. The number of fused-ring (bicyclic) bond motifs is 2. The summed E-state index contributed by atoms with van der Waals surface area (Å²) in [6.07, 6.45) is 0. The molecule has 1 aromatic carbocycles. The van der Waals surface area contributed by atoms with Gasteiger partial charge < -0.3 is 0 Å². The zero-order valence-corrected chi connectivity index (χ0v) is 12.1. The summed E-state index contributed by atoms with van der Waals surface area (Å²) < 4.78 is 0. The average molecular weight is 313 g/mol. The molecule has 2 unspecified atom stereocenters. The van der Waals surface area contributed by atoms with Crippen LogP contribution < -0.4 is 4.90 Å². The minimum absolute atomic E-state index is 0.0868. The van der Waals surface area contributed by atoms with Gasteiger partial charge in [-0.15, -0.1) is 0 Å². The number of aliphatic hydroxyl groups is 2. The molecule has 3 rings (SSSR count). The first-order valence-corrected chi connectivity index (χ1v) is 8.98. The van der Waals surface area contributed by atoms with Gasteiger partial charge in [0, 0.05) is 0 Å². The summed E-state index contributed by atoms with van der Waals surface area (Å²) in [7, 11) is 0. The van der Waals surface area contributed by atoms with Crippen LogP contribution in [0.5, 0.6) is 0 Å². The van der Waals surface area contributed by atoms with Crippen LogP contribution in [-0.2, 0) is 6.54 Å². The molecule has 3 N–H and O–H groups in total. The van der Waals surface area contributed by atoms with Crippen molar-refractivity contribution in [3.63, 3.8) is 0 Å². The molecule has 2 atom stereocenters. The first kappa shape index (κ1) is 12.6. The molecule has 2 aliphatic heterocycles. The van der Waals surface area contributed by atoms with Gasteiger partial charge in [0.1, 0.15) is 0 Å². The second-order valence-electron chi connectivity index (χ2n) is 5.53. The molecule has 2 aliphatic rings. The van der Waals surface area contributed by atoms with E-state index in [0.29, 0.717) is 15.0 Å². The molecule has 3 nitrogen and oxygen atoms in total. The molecular weight excluding hydrogens is 293 g/mol. The third-order valence-corrected chi connectivity index (χ3v) is 6.88. The first-order chi connectivity index (χ1) is 8.66. The average Bonchev–Trinajstić information content (AvgIpc) is 2.31. The van der Waals surface area contributed by atoms with E-state index < -0.39 is 5.79 Å². The normalized spacial score (nSPS) is 34.2. The third-order valence-electron chi connectivity index (χ3n) is 4.21. The van der Waals surface area contributed by atoms with Crippen molar-refractivity contribution in [2.24, 2.45) is 11.8 Å². The van der Waals surface area contributed by atoms with Crippen LogP contribution in [0, 0.1) is 11.8 Å². The van der Waals surface area contributed by atoms with E-state index in [-0.39, 0.29) is 11.8 Å². The van der Waals surface area contributed by atoms with Crippen LogP contribution in [-0.4, -0.2) is 44.0 Å². The SMILES string of the molecule is OC1(O)C2C[Se]CC1C[NH+](Cc1ccccc1)C2. The van der Waals surface area contributed by atoms with Crippen molar-refractivity contribution in [1.82, 2.24) is 0 Å². The molecule has 2 fully saturated rings. The van der Waals surface area contributed by atoms with E-state index in [1.807, 2.05) is 6.07 Å². The summed E-state index contributed by atoms with van der Waals surface area (Å²) in [6, 6.07) is 10.5. The molecule has 2 saturated heterocycles. The Hall–Kier alpha value is -0.381. The number of nitrogens with one attached hydrogen (secondary N) is 1. The zero-order chi connectivity index (χ0) is 12.6. The van der Waals surface area contributed by atoms with Crippen molar-refractivity contribution in [2.75, 3.05) is 13.1 Å². The molecule has 18 heavy (non-hydrogen) atoms. The number of quaternary nitrogens is 1. The van der Waals surface area contributed by atoms with Gasteiger partial charge >= 0.3 is 114 Å². The van der Waals surface area contributed by atoms with E-state index in [1.54, 1.807) is 0 Å². The summed E-state index contributed by atoms with van der Waals surface area (Å²) in [5.74, 6) is -1.22. The predicted molar refractivity (Wildman–Crippen MR) is 70.4 cm³/mol. The Bertz CT molecular complexity index is 394. The number of hydrogen-bond donors (Lipinski definition) is 3. The van der Waals surface area contributed by atoms with Crippen molar-refractivity contribution < 1.29 is 15.1 Å². The van der Waals surface area contributed by atoms with Gasteiger partial charge in [0.2, 0.25) is 0 Å². The van der Waals surface area contributed by atoms with Gasteiger partial charge in [0.25, 0.3) is 0 Å². The number of likely N-dealkylation sites (tertiary alicyclic amines) is 1. The maximum absolute atomic E-state index is 10.2. The molecule has 4 heteroatoms. The number of benzene rings is 1. The maximum atomic E-state index is 10.2. The van der Waals surface area contributed by atoms with Crippen LogP contribution in [0.4, 0.5) is 0 Å². The summed E-state index contributed by atoms with van der Waals surface area (Å²) in [5, 5.41) is 22.4. The van der Waals surface area contributed by atoms with Crippen molar-refractivity contribution in [3.8, 4) is 0 Å². The molecular formula is C14H20NO2Se+. The van der Waals surface area contributed by atoms with Gasteiger partial charge in [-0.25, -0.2) is 0 Å². The van der Waals surface area contributed by atoms with E-state index >= 15 is 0 Å². The van der Waals surface area contributed by atoms with Crippen LogP contribution in [0.15, 0.2) is 30.3 Å². The van der Waals surface area contributed by atoms with Crippen molar-refractivity contribution in [1.29, 1.82) is 0 Å². The predicted octanol–water partition coefficient (Wildman–Crippen LogP) is -0.447. The van der Waals surface area contributed by atoms with E-state index in [9.17, 15) is 10.2 Å². The van der Waals surface area contributed by atoms with Gasteiger partial charge in [0.05, 0.1) is 0 Å². The molecule has 0 aliphatic carbocycles. The van der Waals surface area contributed by atoms with Crippen molar-refractivity contribution in [2.45, 2.75) is 23.0 Å². The van der Waals surface area contributed by atoms with Gasteiger partial charge in [-0.1, -0.05) is 0 Å². The molecule has 0 radical (unpaired) electrons. The Morgan fingerprint density at radius 3 is 2.33 bits per heavy atom.